The number of rotatable bonds is 4. The summed E-state index contributed by atoms with van der Waals surface area (Å²) < 4.78 is 0. The lowest BCUT2D eigenvalue weighted by Crippen LogP contribution is -2.53. The smallest absolute Gasteiger partial charge is 0.257 e. The van der Waals surface area contributed by atoms with E-state index in [0.717, 1.165) is 21.7 Å². The first-order chi connectivity index (χ1) is 14.8. The van der Waals surface area contributed by atoms with E-state index < -0.39 is 24.1 Å². The van der Waals surface area contributed by atoms with E-state index in [1.165, 1.54) is 0 Å². The maximum Gasteiger partial charge on any atom is 0.257 e. The number of nitrogens with zero attached hydrogens (tertiary/aromatic N) is 1. The second kappa shape index (κ2) is 8.44. The number of aliphatic hydroxyl groups excluding tert-OH is 1. The van der Waals surface area contributed by atoms with Crippen molar-refractivity contribution in [3.05, 3.63) is 64.7 Å². The zero-order chi connectivity index (χ0) is 22.1. The molecule has 160 valence electrons. The molecule has 31 heavy (non-hydrogen) atoms. The summed E-state index contributed by atoms with van der Waals surface area (Å²) in [6, 6.07) is 12.1. The summed E-state index contributed by atoms with van der Waals surface area (Å²) in [5, 5.41) is 19.5. The lowest BCUT2D eigenvalue weighted by molar-refractivity contribution is -0.139. The minimum atomic E-state index is -1.22. The zero-order valence-corrected chi connectivity index (χ0v) is 17.7. The van der Waals surface area contributed by atoms with Crippen molar-refractivity contribution in [1.29, 1.82) is 0 Å². The van der Waals surface area contributed by atoms with Crippen molar-refractivity contribution in [1.82, 2.24) is 15.5 Å². The number of benzene rings is 2. The molecule has 4 rings (SSSR count). The molecule has 2 aliphatic rings. The molecule has 2 aromatic rings. The summed E-state index contributed by atoms with van der Waals surface area (Å²) in [6.45, 7) is 2.39. The van der Waals surface area contributed by atoms with Crippen molar-refractivity contribution >= 4 is 40.7 Å². The van der Waals surface area contributed by atoms with E-state index in [0.29, 0.717) is 22.8 Å². The van der Waals surface area contributed by atoms with Crippen LogP contribution in [0, 0.1) is 6.92 Å². The standard InChI is InChI=1S/C22H22N4O4S/c1-12-2-5-14(6-3-12)24-22(31)23-11-13-4-7-15-16(10-13)21(30)26(20(15)29)17-8-9-18(27)25-19(17)28/h2-7,10,17,20,29H,8-9,11H2,1H3,(H2,23,24,31)(H,25,27,28). The number of aliphatic hydroxyl groups is 1. The summed E-state index contributed by atoms with van der Waals surface area (Å²) >= 11 is 5.33. The highest BCUT2D eigenvalue weighted by Crippen LogP contribution is 2.35. The van der Waals surface area contributed by atoms with Gasteiger partial charge in [0.1, 0.15) is 6.04 Å². The number of anilines is 1. The second-order valence-electron chi connectivity index (χ2n) is 7.65. The van der Waals surface area contributed by atoms with E-state index in [-0.39, 0.29) is 18.7 Å². The van der Waals surface area contributed by atoms with Gasteiger partial charge in [0.2, 0.25) is 11.8 Å². The number of aryl methyl sites for hydroxylation is 1. The average molecular weight is 439 g/mol. The molecule has 2 unspecified atom stereocenters. The third-order valence-corrected chi connectivity index (χ3v) is 5.68. The predicted octanol–water partition coefficient (Wildman–Crippen LogP) is 1.73. The molecule has 2 heterocycles. The Morgan fingerprint density at radius 1 is 1.19 bits per heavy atom. The third kappa shape index (κ3) is 4.28. The average Bonchev–Trinajstić information content (AvgIpc) is 2.98. The van der Waals surface area contributed by atoms with E-state index in [2.05, 4.69) is 16.0 Å². The molecule has 0 spiro atoms. The number of carbonyl (C=O) groups excluding carboxylic acids is 3. The van der Waals surface area contributed by atoms with Gasteiger partial charge in [-0.15, -0.1) is 0 Å². The molecule has 2 atom stereocenters. The van der Waals surface area contributed by atoms with Gasteiger partial charge in [-0.1, -0.05) is 29.8 Å². The number of piperidine rings is 1. The first-order valence-electron chi connectivity index (χ1n) is 9.92. The van der Waals surface area contributed by atoms with E-state index in [1.54, 1.807) is 18.2 Å². The van der Waals surface area contributed by atoms with Crippen molar-refractivity contribution < 1.29 is 19.5 Å². The molecule has 2 aliphatic heterocycles. The highest BCUT2D eigenvalue weighted by Gasteiger charge is 2.44. The summed E-state index contributed by atoms with van der Waals surface area (Å²) in [6.07, 6.45) is -0.906. The lowest BCUT2D eigenvalue weighted by atomic mass is 10.0. The maximum atomic E-state index is 12.9. The monoisotopic (exact) mass is 438 g/mol. The highest BCUT2D eigenvalue weighted by atomic mass is 32.1. The molecule has 4 N–H and O–H groups in total. The van der Waals surface area contributed by atoms with E-state index in [9.17, 15) is 19.5 Å². The Morgan fingerprint density at radius 2 is 1.94 bits per heavy atom. The number of amides is 3. The van der Waals surface area contributed by atoms with Gasteiger partial charge < -0.3 is 15.7 Å². The Bertz CT molecular complexity index is 1070. The van der Waals surface area contributed by atoms with Crippen LogP contribution >= 0.6 is 12.2 Å². The van der Waals surface area contributed by atoms with Gasteiger partial charge in [0.15, 0.2) is 11.3 Å². The summed E-state index contributed by atoms with van der Waals surface area (Å²) in [7, 11) is 0. The number of fused-ring (bicyclic) bond motifs is 1. The quantitative estimate of drug-likeness (QED) is 0.425. The van der Waals surface area contributed by atoms with Crippen molar-refractivity contribution in [2.45, 2.75) is 38.6 Å². The topological polar surface area (TPSA) is 111 Å². The summed E-state index contributed by atoms with van der Waals surface area (Å²) in [5.41, 5.74) is 3.61. The van der Waals surface area contributed by atoms with E-state index in [1.807, 2.05) is 31.2 Å². The Hall–Kier alpha value is -3.30. The summed E-state index contributed by atoms with van der Waals surface area (Å²) in [4.78, 5) is 37.7. The Labute approximate surface area is 184 Å². The SMILES string of the molecule is Cc1ccc(NC(=S)NCc2ccc3c(c2)C(=O)N(C2CCC(=O)NC2=O)C3O)cc1. The van der Waals surface area contributed by atoms with Gasteiger partial charge in [-0.3, -0.25) is 24.6 Å². The molecule has 0 aliphatic carbocycles. The molecule has 0 aromatic heterocycles. The van der Waals surface area contributed by atoms with Crippen LogP contribution in [0.4, 0.5) is 5.69 Å². The number of imide groups is 1. The Morgan fingerprint density at radius 3 is 2.65 bits per heavy atom. The van der Waals surface area contributed by atoms with Crippen molar-refractivity contribution in [3.63, 3.8) is 0 Å². The second-order valence-corrected chi connectivity index (χ2v) is 8.06. The minimum absolute atomic E-state index is 0.129. The zero-order valence-electron chi connectivity index (χ0n) is 16.8. The largest absolute Gasteiger partial charge is 0.369 e. The normalized spacial score (nSPS) is 20.3. The molecule has 0 radical (unpaired) electrons. The molecule has 0 bridgehead atoms. The fourth-order valence-corrected chi connectivity index (χ4v) is 3.97. The molecule has 9 heteroatoms. The van der Waals surface area contributed by atoms with E-state index >= 15 is 0 Å². The minimum Gasteiger partial charge on any atom is -0.369 e. The van der Waals surface area contributed by atoms with Crippen LogP contribution in [0.2, 0.25) is 0 Å². The fourth-order valence-electron chi connectivity index (χ4n) is 3.78. The maximum absolute atomic E-state index is 12.9. The van der Waals surface area contributed by atoms with Gasteiger partial charge in [-0.25, -0.2) is 0 Å². The molecule has 3 amide bonds. The molecule has 1 saturated heterocycles. The van der Waals surface area contributed by atoms with Crippen LogP contribution in [0.3, 0.4) is 0 Å². The van der Waals surface area contributed by atoms with Gasteiger partial charge in [-0.05, 0) is 49.3 Å². The van der Waals surface area contributed by atoms with Crippen LogP contribution in [0.15, 0.2) is 42.5 Å². The van der Waals surface area contributed by atoms with Gasteiger partial charge in [0, 0.05) is 29.8 Å². The predicted molar refractivity (Wildman–Crippen MR) is 118 cm³/mol. The van der Waals surface area contributed by atoms with E-state index in [4.69, 9.17) is 12.2 Å². The number of carbonyl (C=O) groups is 3. The molecule has 1 fully saturated rings. The van der Waals surface area contributed by atoms with Crippen LogP contribution in [0.25, 0.3) is 0 Å². The molecule has 8 nitrogen and oxygen atoms in total. The van der Waals surface area contributed by atoms with Crippen LogP contribution in [-0.4, -0.2) is 38.9 Å². The van der Waals surface area contributed by atoms with Crippen molar-refractivity contribution in [2.24, 2.45) is 0 Å². The number of hydrogen-bond acceptors (Lipinski definition) is 5. The molecular formula is C22H22N4O4S. The first-order valence-corrected chi connectivity index (χ1v) is 10.3. The Balaban J connectivity index is 1.42. The fraction of sp³-hybridized carbons (Fsp3) is 0.273. The third-order valence-electron chi connectivity index (χ3n) is 5.43. The van der Waals surface area contributed by atoms with Crippen LogP contribution in [0.5, 0.6) is 0 Å². The van der Waals surface area contributed by atoms with Crippen molar-refractivity contribution in [3.8, 4) is 0 Å². The number of hydrogen-bond donors (Lipinski definition) is 4. The van der Waals surface area contributed by atoms with Gasteiger partial charge in [0.25, 0.3) is 5.91 Å². The molecule has 0 saturated carbocycles. The number of thiocarbonyl (C=S) groups is 1. The number of nitrogens with one attached hydrogen (secondary N) is 3. The Kier molecular flexibility index (Phi) is 5.71. The van der Waals surface area contributed by atoms with Gasteiger partial charge in [-0.2, -0.15) is 0 Å². The van der Waals surface area contributed by atoms with Crippen LogP contribution in [0.1, 0.15) is 46.1 Å². The highest BCUT2D eigenvalue weighted by molar-refractivity contribution is 7.80. The van der Waals surface area contributed by atoms with Gasteiger partial charge >= 0.3 is 0 Å². The molecule has 2 aromatic carbocycles. The lowest BCUT2D eigenvalue weighted by Gasteiger charge is -2.31. The first kappa shape index (κ1) is 21.0. The van der Waals surface area contributed by atoms with Crippen molar-refractivity contribution in [2.75, 3.05) is 5.32 Å². The van der Waals surface area contributed by atoms with Gasteiger partial charge in [0.05, 0.1) is 0 Å². The molecular weight excluding hydrogens is 416 g/mol. The van der Waals surface area contributed by atoms with Crippen LogP contribution in [-0.2, 0) is 16.1 Å². The van der Waals surface area contributed by atoms with Crippen LogP contribution < -0.4 is 16.0 Å². The summed E-state index contributed by atoms with van der Waals surface area (Å²) in [5.74, 6) is -1.37.